The van der Waals surface area contributed by atoms with Crippen LogP contribution in [0.5, 0.6) is 11.5 Å². The predicted molar refractivity (Wildman–Crippen MR) is 247 cm³/mol. The van der Waals surface area contributed by atoms with E-state index in [4.69, 9.17) is 4.74 Å². The van der Waals surface area contributed by atoms with Gasteiger partial charge in [0.1, 0.15) is 11.5 Å². The summed E-state index contributed by atoms with van der Waals surface area (Å²) in [5.41, 5.74) is 18.8. The van der Waals surface area contributed by atoms with Gasteiger partial charge >= 0.3 is 0 Å². The Balaban J connectivity index is 1.27. The van der Waals surface area contributed by atoms with E-state index in [1.54, 1.807) is 0 Å². The van der Waals surface area contributed by atoms with E-state index in [0.717, 1.165) is 56.4 Å². The molecule has 8 aromatic rings. The van der Waals surface area contributed by atoms with Crippen molar-refractivity contribution in [3.05, 3.63) is 233 Å². The van der Waals surface area contributed by atoms with Gasteiger partial charge in [0, 0.05) is 39.1 Å². The molecular weight excluding hydrogens is 715 g/mol. The van der Waals surface area contributed by atoms with Crippen molar-refractivity contribution >= 4 is 28.2 Å². The van der Waals surface area contributed by atoms with E-state index in [1.807, 2.05) is 0 Å². The van der Waals surface area contributed by atoms with Gasteiger partial charge in [-0.1, -0.05) is 180 Å². The van der Waals surface area contributed by atoms with Crippen molar-refractivity contribution in [1.82, 2.24) is 0 Å². The molecule has 0 aromatic heterocycles. The SMILES string of the molecule is CC(C)(C)c1ccc(N(c2ccc3c(c2)C(=C(c2ccccc2)c2ccccc2)c2ccccc2O3)c2ccc3c(c2)C(C)(C)c2ccccc2-3)c(-c2ccccc2)c1. The minimum atomic E-state index is -0.157. The highest BCUT2D eigenvalue weighted by molar-refractivity contribution is 6.08. The topological polar surface area (TPSA) is 12.5 Å². The van der Waals surface area contributed by atoms with Gasteiger partial charge in [0.25, 0.3) is 0 Å². The molecule has 0 radical (unpaired) electrons. The number of benzene rings is 8. The van der Waals surface area contributed by atoms with Crippen LogP contribution in [0.3, 0.4) is 0 Å². The molecule has 59 heavy (non-hydrogen) atoms. The van der Waals surface area contributed by atoms with Crippen LogP contribution in [-0.2, 0) is 10.8 Å². The highest BCUT2D eigenvalue weighted by atomic mass is 16.5. The molecule has 10 rings (SSSR count). The fourth-order valence-electron chi connectivity index (χ4n) is 9.21. The van der Waals surface area contributed by atoms with Gasteiger partial charge in [0.2, 0.25) is 0 Å². The van der Waals surface area contributed by atoms with Crippen molar-refractivity contribution in [3.63, 3.8) is 0 Å². The Morgan fingerprint density at radius 3 is 1.71 bits per heavy atom. The van der Waals surface area contributed by atoms with Gasteiger partial charge in [-0.05, 0) is 104 Å². The van der Waals surface area contributed by atoms with Crippen LogP contribution in [-0.4, -0.2) is 0 Å². The molecule has 0 saturated heterocycles. The first-order chi connectivity index (χ1) is 28.7. The molecule has 0 amide bonds. The molecule has 2 nitrogen and oxygen atoms in total. The van der Waals surface area contributed by atoms with Gasteiger partial charge in [-0.15, -0.1) is 0 Å². The van der Waals surface area contributed by atoms with Gasteiger partial charge < -0.3 is 9.64 Å². The molecule has 286 valence electrons. The molecule has 2 heteroatoms. The number of fused-ring (bicyclic) bond motifs is 5. The molecule has 0 bridgehead atoms. The van der Waals surface area contributed by atoms with Crippen molar-refractivity contribution in [3.8, 4) is 33.8 Å². The fraction of sp³-hybridized carbons (Fsp3) is 0.123. The second-order valence-corrected chi connectivity index (χ2v) is 17.3. The van der Waals surface area contributed by atoms with Crippen LogP contribution in [0.25, 0.3) is 33.4 Å². The Bertz CT molecular complexity index is 2860. The monoisotopic (exact) mass is 761 g/mol. The molecule has 0 atom stereocenters. The Labute approximate surface area is 348 Å². The third-order valence-corrected chi connectivity index (χ3v) is 12.3. The summed E-state index contributed by atoms with van der Waals surface area (Å²) in [6.07, 6.45) is 0. The maximum absolute atomic E-state index is 6.79. The van der Waals surface area contributed by atoms with E-state index in [2.05, 4.69) is 234 Å². The number of rotatable bonds is 6. The molecule has 2 aliphatic rings. The average Bonchev–Trinajstić information content (AvgIpc) is 3.49. The zero-order chi connectivity index (χ0) is 40.3. The van der Waals surface area contributed by atoms with E-state index in [1.165, 1.54) is 44.5 Å². The molecule has 1 heterocycles. The van der Waals surface area contributed by atoms with Crippen LogP contribution in [0.4, 0.5) is 17.1 Å². The predicted octanol–water partition coefficient (Wildman–Crippen LogP) is 15.5. The van der Waals surface area contributed by atoms with Crippen LogP contribution in [0, 0.1) is 0 Å². The first-order valence-corrected chi connectivity index (χ1v) is 20.7. The van der Waals surface area contributed by atoms with E-state index < -0.39 is 0 Å². The Hall–Kier alpha value is -6.90. The zero-order valence-corrected chi connectivity index (χ0v) is 34.3. The standard InChI is InChI=1S/C57H47NO/c1-56(2,3)41-29-33-51(47(35-41)38-19-9-6-10-20-38)58(43-30-32-45-44-25-15-17-27-49(44)57(4,5)50(45)37-43)42-31-34-53-48(36-42)55(46-26-16-18-28-52(46)59-53)54(39-21-11-7-12-22-39)40-23-13-8-14-24-40/h6-37H,1-5H3. The van der Waals surface area contributed by atoms with Crippen LogP contribution in [0.1, 0.15) is 73.6 Å². The molecule has 0 saturated carbocycles. The summed E-state index contributed by atoms with van der Waals surface area (Å²) in [5, 5.41) is 0. The quantitative estimate of drug-likeness (QED) is 0.167. The minimum absolute atomic E-state index is 0.0300. The normalized spacial score (nSPS) is 13.4. The summed E-state index contributed by atoms with van der Waals surface area (Å²) in [5.74, 6) is 1.69. The number of anilines is 3. The van der Waals surface area contributed by atoms with Gasteiger partial charge in [-0.25, -0.2) is 0 Å². The zero-order valence-electron chi connectivity index (χ0n) is 34.3. The number of ether oxygens (including phenoxy) is 1. The molecule has 0 spiro atoms. The molecule has 0 fully saturated rings. The molecular formula is C57H47NO. The molecule has 8 aromatic carbocycles. The van der Waals surface area contributed by atoms with Crippen LogP contribution in [0.2, 0.25) is 0 Å². The summed E-state index contributed by atoms with van der Waals surface area (Å²) >= 11 is 0. The Morgan fingerprint density at radius 2 is 1.02 bits per heavy atom. The van der Waals surface area contributed by atoms with E-state index in [-0.39, 0.29) is 10.8 Å². The van der Waals surface area contributed by atoms with Crippen molar-refractivity contribution in [2.45, 2.75) is 45.4 Å². The summed E-state index contributed by atoms with van der Waals surface area (Å²) in [6, 6.07) is 70.6. The highest BCUT2D eigenvalue weighted by Gasteiger charge is 2.36. The van der Waals surface area contributed by atoms with Gasteiger partial charge in [-0.2, -0.15) is 0 Å². The van der Waals surface area contributed by atoms with Crippen molar-refractivity contribution in [1.29, 1.82) is 0 Å². The Morgan fingerprint density at radius 1 is 0.458 bits per heavy atom. The van der Waals surface area contributed by atoms with Crippen molar-refractivity contribution in [2.24, 2.45) is 0 Å². The summed E-state index contributed by atoms with van der Waals surface area (Å²) < 4.78 is 6.79. The summed E-state index contributed by atoms with van der Waals surface area (Å²) in [6.45, 7) is 11.6. The van der Waals surface area contributed by atoms with Crippen molar-refractivity contribution < 1.29 is 4.74 Å². The third kappa shape index (κ3) is 6.28. The second kappa shape index (κ2) is 14.2. The first kappa shape index (κ1) is 36.4. The lowest BCUT2D eigenvalue weighted by Crippen LogP contribution is -2.18. The lowest BCUT2D eigenvalue weighted by Gasteiger charge is -2.32. The smallest absolute Gasteiger partial charge is 0.135 e. The van der Waals surface area contributed by atoms with Gasteiger partial charge in [0.05, 0.1) is 5.69 Å². The van der Waals surface area contributed by atoms with Gasteiger partial charge in [-0.3, -0.25) is 0 Å². The number of para-hydroxylation sites is 1. The molecule has 1 aliphatic heterocycles. The summed E-state index contributed by atoms with van der Waals surface area (Å²) in [4.78, 5) is 2.47. The molecule has 0 unspecified atom stereocenters. The van der Waals surface area contributed by atoms with E-state index >= 15 is 0 Å². The van der Waals surface area contributed by atoms with E-state index in [0.29, 0.717) is 0 Å². The maximum atomic E-state index is 6.79. The lowest BCUT2D eigenvalue weighted by molar-refractivity contribution is 0.474. The average molecular weight is 762 g/mol. The highest BCUT2D eigenvalue weighted by Crippen LogP contribution is 2.54. The fourth-order valence-corrected chi connectivity index (χ4v) is 9.21. The first-order valence-electron chi connectivity index (χ1n) is 20.7. The van der Waals surface area contributed by atoms with Crippen LogP contribution in [0.15, 0.2) is 194 Å². The molecule has 1 aliphatic carbocycles. The second-order valence-electron chi connectivity index (χ2n) is 17.3. The van der Waals surface area contributed by atoms with E-state index in [9.17, 15) is 0 Å². The Kier molecular flexibility index (Phi) is 8.76. The number of nitrogens with zero attached hydrogens (tertiary/aromatic N) is 1. The largest absolute Gasteiger partial charge is 0.456 e. The number of hydrogen-bond acceptors (Lipinski definition) is 2. The lowest BCUT2D eigenvalue weighted by atomic mass is 9.82. The minimum Gasteiger partial charge on any atom is -0.456 e. The number of hydrogen-bond donors (Lipinski definition) is 0. The van der Waals surface area contributed by atoms with Crippen LogP contribution < -0.4 is 9.64 Å². The van der Waals surface area contributed by atoms with Gasteiger partial charge in [0.15, 0.2) is 0 Å². The maximum Gasteiger partial charge on any atom is 0.135 e. The molecule has 0 N–H and O–H groups in total. The van der Waals surface area contributed by atoms with Crippen molar-refractivity contribution in [2.75, 3.05) is 4.90 Å². The third-order valence-electron chi connectivity index (χ3n) is 12.3. The summed E-state index contributed by atoms with van der Waals surface area (Å²) in [7, 11) is 0. The van der Waals surface area contributed by atoms with Crippen LogP contribution >= 0.6 is 0 Å².